The van der Waals surface area contributed by atoms with Gasteiger partial charge >= 0.3 is 0 Å². The van der Waals surface area contributed by atoms with Crippen molar-refractivity contribution in [2.24, 2.45) is 5.73 Å². The van der Waals surface area contributed by atoms with Gasteiger partial charge in [0.15, 0.2) is 0 Å². The van der Waals surface area contributed by atoms with E-state index in [1.165, 1.54) is 6.20 Å². The molecule has 0 aliphatic carbocycles. The predicted molar refractivity (Wildman–Crippen MR) is 117 cm³/mol. The highest BCUT2D eigenvalue weighted by atomic mass is 16.5. The zero-order valence-electron chi connectivity index (χ0n) is 17.3. The van der Waals surface area contributed by atoms with E-state index in [2.05, 4.69) is 15.3 Å². The first-order valence-corrected chi connectivity index (χ1v) is 10.5. The Balaban J connectivity index is 1.36. The average molecular weight is 419 g/mol. The van der Waals surface area contributed by atoms with Crippen LogP contribution in [0, 0.1) is 0 Å². The zero-order chi connectivity index (χ0) is 21.5. The predicted octanol–water partition coefficient (Wildman–Crippen LogP) is 2.92. The van der Waals surface area contributed by atoms with E-state index in [1.54, 1.807) is 13.3 Å². The molecule has 2 aliphatic rings. The lowest BCUT2D eigenvalue weighted by Crippen LogP contribution is -2.49. The molecule has 3 aromatic rings. The molecule has 2 amide bonds. The quantitative estimate of drug-likeness (QED) is 0.588. The third-order valence-electron chi connectivity index (χ3n) is 6.51. The number of nitrogens with zero attached hydrogens (tertiary/aromatic N) is 2. The van der Waals surface area contributed by atoms with Gasteiger partial charge in [-0.2, -0.15) is 0 Å². The van der Waals surface area contributed by atoms with Gasteiger partial charge in [0.1, 0.15) is 11.4 Å². The van der Waals surface area contributed by atoms with Crippen molar-refractivity contribution >= 4 is 28.5 Å². The first-order chi connectivity index (χ1) is 15.0. The fourth-order valence-corrected chi connectivity index (χ4v) is 5.06. The number of primary amides is 1. The monoisotopic (exact) mass is 419 g/mol. The van der Waals surface area contributed by atoms with E-state index in [4.69, 9.17) is 10.5 Å². The number of nitrogens with two attached hydrogens (primary N) is 1. The summed E-state index contributed by atoms with van der Waals surface area (Å²) in [6.07, 6.45) is 6.94. The van der Waals surface area contributed by atoms with Crippen LogP contribution in [-0.4, -0.2) is 51.9 Å². The maximum absolute atomic E-state index is 13.2. The van der Waals surface area contributed by atoms with Crippen molar-refractivity contribution in [2.45, 2.75) is 43.8 Å². The molecule has 2 bridgehead atoms. The second-order valence-corrected chi connectivity index (χ2v) is 8.29. The molecule has 31 heavy (non-hydrogen) atoms. The number of H-pyrrole nitrogens is 1. The van der Waals surface area contributed by atoms with Crippen molar-refractivity contribution in [3.05, 3.63) is 53.9 Å². The van der Waals surface area contributed by atoms with Gasteiger partial charge in [0.25, 0.3) is 11.8 Å². The number of piperidine rings is 1. The van der Waals surface area contributed by atoms with Crippen molar-refractivity contribution in [2.75, 3.05) is 12.4 Å². The maximum atomic E-state index is 13.2. The van der Waals surface area contributed by atoms with E-state index in [1.807, 2.05) is 35.2 Å². The first kappa shape index (κ1) is 19.4. The van der Waals surface area contributed by atoms with E-state index >= 15 is 0 Å². The van der Waals surface area contributed by atoms with Crippen LogP contribution in [0.4, 0.5) is 5.69 Å². The number of aromatic amines is 1. The van der Waals surface area contributed by atoms with Gasteiger partial charge < -0.3 is 25.7 Å². The SMILES string of the molecule is COc1ccc(C(=O)N2[C@@H]3CC[C@H]2C[C@H](Nc2c(C(N)=O)cnc4[nH]ccc24)C3)cc1. The molecule has 4 heterocycles. The first-order valence-electron chi connectivity index (χ1n) is 10.5. The van der Waals surface area contributed by atoms with Crippen LogP contribution in [0.1, 0.15) is 46.4 Å². The fourth-order valence-electron chi connectivity index (χ4n) is 5.06. The lowest BCUT2D eigenvalue weighted by atomic mass is 9.95. The normalized spacial score (nSPS) is 22.5. The highest BCUT2D eigenvalue weighted by Crippen LogP contribution is 2.39. The lowest BCUT2D eigenvalue weighted by molar-refractivity contribution is 0.0583. The second-order valence-electron chi connectivity index (χ2n) is 8.29. The van der Waals surface area contributed by atoms with Crippen molar-refractivity contribution < 1.29 is 14.3 Å². The number of amides is 2. The lowest BCUT2D eigenvalue weighted by Gasteiger charge is -2.40. The van der Waals surface area contributed by atoms with Gasteiger partial charge in [0.2, 0.25) is 0 Å². The summed E-state index contributed by atoms with van der Waals surface area (Å²) in [6.45, 7) is 0. The molecule has 2 saturated heterocycles. The van der Waals surface area contributed by atoms with Crippen molar-refractivity contribution in [1.82, 2.24) is 14.9 Å². The smallest absolute Gasteiger partial charge is 0.254 e. The summed E-state index contributed by atoms with van der Waals surface area (Å²) >= 11 is 0. The Bertz CT molecular complexity index is 1130. The number of rotatable bonds is 5. The molecule has 5 rings (SSSR count). The fraction of sp³-hybridized carbons (Fsp3) is 0.348. The molecule has 4 N–H and O–H groups in total. The molecule has 160 valence electrons. The minimum Gasteiger partial charge on any atom is -0.497 e. The van der Waals surface area contributed by atoms with Crippen LogP contribution in [0.5, 0.6) is 5.75 Å². The number of nitrogens with one attached hydrogen (secondary N) is 2. The molecule has 0 radical (unpaired) electrons. The largest absolute Gasteiger partial charge is 0.497 e. The summed E-state index contributed by atoms with van der Waals surface area (Å²) in [7, 11) is 1.61. The molecule has 8 nitrogen and oxygen atoms in total. The molecule has 0 unspecified atom stereocenters. The molecule has 0 spiro atoms. The van der Waals surface area contributed by atoms with E-state index < -0.39 is 5.91 Å². The zero-order valence-corrected chi connectivity index (χ0v) is 17.3. The molecule has 2 aliphatic heterocycles. The number of benzene rings is 1. The van der Waals surface area contributed by atoms with Crippen LogP contribution in [0.15, 0.2) is 42.7 Å². The topological polar surface area (TPSA) is 113 Å². The third kappa shape index (κ3) is 3.37. The molecular formula is C23H25N5O3. The van der Waals surface area contributed by atoms with Crippen LogP contribution >= 0.6 is 0 Å². The van der Waals surface area contributed by atoms with Gasteiger partial charge in [-0.1, -0.05) is 0 Å². The Kier molecular flexibility index (Phi) is 4.77. The Labute approximate surface area is 179 Å². The highest BCUT2D eigenvalue weighted by molar-refractivity contribution is 6.06. The number of ether oxygens (including phenoxy) is 1. The van der Waals surface area contributed by atoms with Crippen LogP contribution in [-0.2, 0) is 0 Å². The van der Waals surface area contributed by atoms with Crippen LogP contribution < -0.4 is 15.8 Å². The third-order valence-corrected chi connectivity index (χ3v) is 6.51. The van der Waals surface area contributed by atoms with Crippen molar-refractivity contribution in [3.8, 4) is 5.75 Å². The van der Waals surface area contributed by atoms with Crippen LogP contribution in [0.25, 0.3) is 11.0 Å². The number of anilines is 1. The Morgan fingerprint density at radius 1 is 1.16 bits per heavy atom. The van der Waals surface area contributed by atoms with Crippen molar-refractivity contribution in [1.29, 1.82) is 0 Å². The van der Waals surface area contributed by atoms with Gasteiger partial charge in [0.05, 0.1) is 18.4 Å². The van der Waals surface area contributed by atoms with Gasteiger partial charge in [-0.15, -0.1) is 0 Å². The molecule has 1 aromatic carbocycles. The Morgan fingerprint density at radius 2 is 1.87 bits per heavy atom. The second kappa shape index (κ2) is 7.61. The van der Waals surface area contributed by atoms with Gasteiger partial charge in [-0.05, 0) is 56.0 Å². The number of methoxy groups -OCH3 is 1. The standard InChI is InChI=1S/C23H25N5O3/c1-31-17-6-2-13(3-7-17)23(30)28-15-4-5-16(28)11-14(10-15)27-20-18-8-9-25-22(18)26-12-19(20)21(24)29/h2-3,6-9,12,14-16H,4-5,10-11H2,1H3,(H2,24,29)(H2,25,26,27)/t14-,15-,16+. The molecule has 2 fully saturated rings. The van der Waals surface area contributed by atoms with Crippen LogP contribution in [0.3, 0.4) is 0 Å². The Hall–Kier alpha value is -3.55. The summed E-state index contributed by atoms with van der Waals surface area (Å²) in [4.78, 5) is 34.6. The van der Waals surface area contributed by atoms with Gasteiger partial charge in [0, 0.05) is 41.5 Å². The summed E-state index contributed by atoms with van der Waals surface area (Å²) in [5.41, 5.74) is 8.10. The molecule has 0 saturated carbocycles. The molecular weight excluding hydrogens is 394 g/mol. The van der Waals surface area contributed by atoms with E-state index in [9.17, 15) is 9.59 Å². The number of hydrogen-bond acceptors (Lipinski definition) is 5. The average Bonchev–Trinajstić information content (AvgIpc) is 3.36. The summed E-state index contributed by atoms with van der Waals surface area (Å²) in [5, 5.41) is 4.41. The van der Waals surface area contributed by atoms with Gasteiger partial charge in [-0.3, -0.25) is 9.59 Å². The number of aromatic nitrogens is 2. The summed E-state index contributed by atoms with van der Waals surface area (Å²) < 4.78 is 5.20. The summed E-state index contributed by atoms with van der Waals surface area (Å²) in [6, 6.07) is 9.68. The minimum absolute atomic E-state index is 0.0726. The minimum atomic E-state index is -0.506. The number of hydrogen-bond donors (Lipinski definition) is 3. The van der Waals surface area contributed by atoms with E-state index in [0.717, 1.165) is 42.5 Å². The highest BCUT2D eigenvalue weighted by Gasteiger charge is 2.43. The number of fused-ring (bicyclic) bond motifs is 3. The maximum Gasteiger partial charge on any atom is 0.254 e. The molecule has 2 aromatic heterocycles. The molecule has 3 atom stereocenters. The number of pyridine rings is 1. The van der Waals surface area contributed by atoms with E-state index in [-0.39, 0.29) is 24.0 Å². The Morgan fingerprint density at radius 3 is 2.52 bits per heavy atom. The summed E-state index contributed by atoms with van der Waals surface area (Å²) in [5.74, 6) is 0.303. The molecule has 8 heteroatoms. The van der Waals surface area contributed by atoms with Crippen molar-refractivity contribution in [3.63, 3.8) is 0 Å². The number of carbonyl (C=O) groups is 2. The number of carbonyl (C=O) groups excluding carboxylic acids is 2. The van der Waals surface area contributed by atoms with Gasteiger partial charge in [-0.25, -0.2) is 4.98 Å². The van der Waals surface area contributed by atoms with E-state index in [0.29, 0.717) is 16.8 Å². The van der Waals surface area contributed by atoms with Crippen LogP contribution in [0.2, 0.25) is 0 Å².